The van der Waals surface area contributed by atoms with Crippen LogP contribution in [0, 0.1) is 19.8 Å². The molecule has 4 heteroatoms. The van der Waals surface area contributed by atoms with Crippen molar-refractivity contribution in [3.05, 3.63) is 23.0 Å². The van der Waals surface area contributed by atoms with E-state index in [1.54, 1.807) is 6.07 Å². The van der Waals surface area contributed by atoms with Crippen LogP contribution in [0.3, 0.4) is 0 Å². The quantitative estimate of drug-likeness (QED) is 0.895. The molecule has 1 aromatic rings. The van der Waals surface area contributed by atoms with Crippen LogP contribution in [-0.4, -0.2) is 28.4 Å². The summed E-state index contributed by atoms with van der Waals surface area (Å²) >= 11 is 0. The molecule has 1 N–H and O–H groups in total. The zero-order chi connectivity index (χ0) is 13.3. The molecule has 0 radical (unpaired) electrons. The van der Waals surface area contributed by atoms with E-state index in [0.717, 1.165) is 37.4 Å². The van der Waals surface area contributed by atoms with Gasteiger partial charge in [-0.2, -0.15) is 0 Å². The van der Waals surface area contributed by atoms with E-state index in [0.29, 0.717) is 17.6 Å². The van der Waals surface area contributed by atoms with Gasteiger partial charge in [0.1, 0.15) is 0 Å². The molecular formula is C14H21NO3. The second-order valence-electron chi connectivity index (χ2n) is 5.07. The molecule has 2 heterocycles. The fourth-order valence-electron chi connectivity index (χ4n) is 2.89. The van der Waals surface area contributed by atoms with Crippen molar-refractivity contribution in [3.8, 4) is 0 Å². The summed E-state index contributed by atoms with van der Waals surface area (Å²) < 4.78 is 7.81. The Balaban J connectivity index is 2.21. The van der Waals surface area contributed by atoms with Gasteiger partial charge in [0.2, 0.25) is 0 Å². The third kappa shape index (κ3) is 2.29. The van der Waals surface area contributed by atoms with Crippen LogP contribution in [-0.2, 0) is 11.3 Å². The van der Waals surface area contributed by atoms with Gasteiger partial charge < -0.3 is 14.4 Å². The molecule has 1 fully saturated rings. The van der Waals surface area contributed by atoms with Crippen LogP contribution in [0.15, 0.2) is 6.07 Å². The summed E-state index contributed by atoms with van der Waals surface area (Å²) in [6, 6.07) is 1.76. The Morgan fingerprint density at radius 1 is 1.56 bits per heavy atom. The van der Waals surface area contributed by atoms with Crippen LogP contribution in [0.1, 0.15) is 41.5 Å². The van der Waals surface area contributed by atoms with E-state index in [1.165, 1.54) is 0 Å². The van der Waals surface area contributed by atoms with Crippen LogP contribution in [0.2, 0.25) is 0 Å². The van der Waals surface area contributed by atoms with Crippen molar-refractivity contribution >= 4 is 5.97 Å². The minimum Gasteiger partial charge on any atom is -0.478 e. The number of nitrogens with zero attached hydrogens (tertiary/aromatic N) is 1. The Hall–Kier alpha value is -1.29. The van der Waals surface area contributed by atoms with Crippen molar-refractivity contribution in [1.29, 1.82) is 0 Å². The second-order valence-corrected chi connectivity index (χ2v) is 5.07. The number of hydrogen-bond acceptors (Lipinski definition) is 2. The third-order valence-corrected chi connectivity index (χ3v) is 3.97. The van der Waals surface area contributed by atoms with Gasteiger partial charge in [-0.05, 0) is 32.8 Å². The monoisotopic (exact) mass is 251 g/mol. The fraction of sp³-hybridized carbons (Fsp3) is 0.643. The van der Waals surface area contributed by atoms with Gasteiger partial charge in [0.15, 0.2) is 0 Å². The van der Waals surface area contributed by atoms with Gasteiger partial charge in [-0.3, -0.25) is 0 Å². The lowest BCUT2D eigenvalue weighted by Gasteiger charge is -2.19. The van der Waals surface area contributed by atoms with Gasteiger partial charge in [0, 0.05) is 30.5 Å². The van der Waals surface area contributed by atoms with Gasteiger partial charge in [0.25, 0.3) is 0 Å². The van der Waals surface area contributed by atoms with Crippen LogP contribution < -0.4 is 0 Å². The molecule has 2 rings (SSSR count). The zero-order valence-corrected chi connectivity index (χ0v) is 11.3. The maximum absolute atomic E-state index is 11.1. The molecule has 0 aromatic carbocycles. The Labute approximate surface area is 108 Å². The van der Waals surface area contributed by atoms with E-state index in [-0.39, 0.29) is 0 Å². The summed E-state index contributed by atoms with van der Waals surface area (Å²) in [5.74, 6) is -0.342. The SMILES string of the molecule is CCC1OCCC1Cn1c(C)cc(C(=O)O)c1C. The second kappa shape index (κ2) is 5.14. The van der Waals surface area contributed by atoms with Gasteiger partial charge in [-0.25, -0.2) is 4.79 Å². The molecule has 18 heavy (non-hydrogen) atoms. The van der Waals surface area contributed by atoms with Gasteiger partial charge in [0.05, 0.1) is 11.7 Å². The first-order valence-electron chi connectivity index (χ1n) is 6.56. The smallest absolute Gasteiger partial charge is 0.337 e. The summed E-state index contributed by atoms with van der Waals surface area (Å²) in [5.41, 5.74) is 2.29. The average Bonchev–Trinajstić information content (AvgIpc) is 2.88. The fourth-order valence-corrected chi connectivity index (χ4v) is 2.89. The third-order valence-electron chi connectivity index (χ3n) is 3.97. The Kier molecular flexibility index (Phi) is 3.76. The topological polar surface area (TPSA) is 51.5 Å². The van der Waals surface area contributed by atoms with Crippen molar-refractivity contribution in [2.24, 2.45) is 5.92 Å². The molecule has 0 spiro atoms. The van der Waals surface area contributed by atoms with E-state index in [1.807, 2.05) is 13.8 Å². The first-order valence-corrected chi connectivity index (χ1v) is 6.56. The van der Waals surface area contributed by atoms with Crippen molar-refractivity contribution in [1.82, 2.24) is 4.57 Å². The summed E-state index contributed by atoms with van der Waals surface area (Å²) in [6.45, 7) is 7.68. The van der Waals surface area contributed by atoms with E-state index in [2.05, 4.69) is 11.5 Å². The Bertz CT molecular complexity index is 450. The molecule has 4 nitrogen and oxygen atoms in total. The number of hydrogen-bond donors (Lipinski definition) is 1. The highest BCUT2D eigenvalue weighted by atomic mass is 16.5. The van der Waals surface area contributed by atoms with Crippen LogP contribution >= 0.6 is 0 Å². The number of ether oxygens (including phenoxy) is 1. The number of aromatic carboxylic acids is 1. The van der Waals surface area contributed by atoms with Crippen molar-refractivity contribution in [3.63, 3.8) is 0 Å². The minimum atomic E-state index is -0.843. The highest BCUT2D eigenvalue weighted by molar-refractivity contribution is 5.89. The van der Waals surface area contributed by atoms with Gasteiger partial charge in [-0.1, -0.05) is 6.92 Å². The molecule has 1 aliphatic rings. The van der Waals surface area contributed by atoms with Crippen molar-refractivity contribution in [2.75, 3.05) is 6.61 Å². The maximum atomic E-state index is 11.1. The van der Waals surface area contributed by atoms with E-state index < -0.39 is 5.97 Å². The Morgan fingerprint density at radius 2 is 2.28 bits per heavy atom. The number of carboxylic acid groups (broad SMARTS) is 1. The van der Waals surface area contributed by atoms with Crippen molar-refractivity contribution < 1.29 is 14.6 Å². The molecule has 100 valence electrons. The molecule has 1 aromatic heterocycles. The molecule has 0 saturated carbocycles. The zero-order valence-electron chi connectivity index (χ0n) is 11.3. The molecule has 0 aliphatic carbocycles. The number of rotatable bonds is 4. The first-order chi connectivity index (χ1) is 8.54. The standard InChI is InChI=1S/C14H21NO3/c1-4-13-11(5-6-18-13)8-15-9(2)7-12(10(15)3)14(16)17/h7,11,13H,4-6,8H2,1-3H3,(H,16,17). The summed E-state index contributed by atoms with van der Waals surface area (Å²) in [7, 11) is 0. The lowest BCUT2D eigenvalue weighted by Crippen LogP contribution is -2.21. The molecular weight excluding hydrogens is 230 g/mol. The van der Waals surface area contributed by atoms with E-state index in [9.17, 15) is 4.79 Å². The predicted molar refractivity (Wildman–Crippen MR) is 69.0 cm³/mol. The van der Waals surface area contributed by atoms with Crippen LogP contribution in [0.5, 0.6) is 0 Å². The lowest BCUT2D eigenvalue weighted by molar-refractivity contribution is 0.0695. The minimum absolute atomic E-state index is 0.319. The first kappa shape index (κ1) is 13.1. The highest BCUT2D eigenvalue weighted by Gasteiger charge is 2.28. The average molecular weight is 251 g/mol. The molecule has 1 aliphatic heterocycles. The number of carboxylic acids is 1. The van der Waals surface area contributed by atoms with Crippen LogP contribution in [0.25, 0.3) is 0 Å². The number of carbonyl (C=O) groups is 1. The number of aromatic nitrogens is 1. The van der Waals surface area contributed by atoms with Gasteiger partial charge >= 0.3 is 5.97 Å². The molecule has 0 bridgehead atoms. The van der Waals surface area contributed by atoms with E-state index in [4.69, 9.17) is 9.84 Å². The maximum Gasteiger partial charge on any atom is 0.337 e. The molecule has 0 amide bonds. The number of aryl methyl sites for hydroxylation is 1. The summed E-state index contributed by atoms with van der Waals surface area (Å²) in [6.07, 6.45) is 2.41. The Morgan fingerprint density at radius 3 is 2.83 bits per heavy atom. The highest BCUT2D eigenvalue weighted by Crippen LogP contribution is 2.27. The van der Waals surface area contributed by atoms with Crippen molar-refractivity contribution in [2.45, 2.75) is 46.3 Å². The summed E-state index contributed by atoms with van der Waals surface area (Å²) in [5, 5.41) is 9.12. The molecule has 1 saturated heterocycles. The molecule has 2 atom stereocenters. The molecule has 2 unspecified atom stereocenters. The summed E-state index contributed by atoms with van der Waals surface area (Å²) in [4.78, 5) is 11.1. The lowest BCUT2D eigenvalue weighted by atomic mass is 9.99. The van der Waals surface area contributed by atoms with Crippen LogP contribution in [0.4, 0.5) is 0 Å². The van der Waals surface area contributed by atoms with Gasteiger partial charge in [-0.15, -0.1) is 0 Å². The van der Waals surface area contributed by atoms with E-state index >= 15 is 0 Å². The normalized spacial score (nSPS) is 23.5. The largest absolute Gasteiger partial charge is 0.478 e. The predicted octanol–water partition coefficient (Wildman–Crippen LogP) is 2.62.